The molecule has 182 valence electrons. The predicted molar refractivity (Wildman–Crippen MR) is 126 cm³/mol. The maximum Gasteiger partial charge on any atom is 0.335 e. The summed E-state index contributed by atoms with van der Waals surface area (Å²) in [5, 5.41) is 13.1. The summed E-state index contributed by atoms with van der Waals surface area (Å²) in [5.74, 6) is -1.63. The van der Waals surface area contributed by atoms with Gasteiger partial charge in [-0.2, -0.15) is 0 Å². The number of carbonyl (C=O) groups is 3. The SMILES string of the molecule is COc1cc(C=C2C(=O)NC(=O)N(c3cccc([N+](=O)[O-])c3)C2=O)ccc1OCc1cccc(F)c1. The molecule has 11 heteroatoms. The Balaban J connectivity index is 1.61. The molecule has 1 N–H and O–H groups in total. The summed E-state index contributed by atoms with van der Waals surface area (Å²) in [6.45, 7) is 0.0791. The number of hydrogen-bond donors (Lipinski definition) is 1. The van der Waals surface area contributed by atoms with Crippen molar-refractivity contribution in [3.8, 4) is 11.5 Å². The molecule has 0 saturated carbocycles. The molecular formula is C25H18FN3O7. The first kappa shape index (κ1) is 24.1. The molecule has 4 rings (SSSR count). The Kier molecular flexibility index (Phi) is 6.72. The van der Waals surface area contributed by atoms with Gasteiger partial charge in [-0.25, -0.2) is 14.1 Å². The average Bonchev–Trinajstić information content (AvgIpc) is 2.85. The van der Waals surface area contributed by atoms with Gasteiger partial charge in [0.05, 0.1) is 17.7 Å². The van der Waals surface area contributed by atoms with Gasteiger partial charge < -0.3 is 9.47 Å². The van der Waals surface area contributed by atoms with Crippen LogP contribution >= 0.6 is 0 Å². The van der Waals surface area contributed by atoms with Gasteiger partial charge in [-0.15, -0.1) is 0 Å². The van der Waals surface area contributed by atoms with E-state index >= 15 is 0 Å². The van der Waals surface area contributed by atoms with Crippen molar-refractivity contribution >= 4 is 35.3 Å². The Labute approximate surface area is 203 Å². The molecule has 0 radical (unpaired) electrons. The highest BCUT2D eigenvalue weighted by Crippen LogP contribution is 2.31. The van der Waals surface area contributed by atoms with Crippen LogP contribution in [0.15, 0.2) is 72.3 Å². The minimum Gasteiger partial charge on any atom is -0.493 e. The van der Waals surface area contributed by atoms with E-state index in [2.05, 4.69) is 5.32 Å². The molecule has 4 amide bonds. The summed E-state index contributed by atoms with van der Waals surface area (Å²) in [6.07, 6.45) is 1.26. The topological polar surface area (TPSA) is 128 Å². The largest absolute Gasteiger partial charge is 0.493 e. The van der Waals surface area contributed by atoms with E-state index < -0.39 is 28.6 Å². The van der Waals surface area contributed by atoms with Gasteiger partial charge in [-0.3, -0.25) is 25.0 Å². The number of nitro groups is 1. The number of non-ortho nitro benzene ring substituents is 1. The van der Waals surface area contributed by atoms with Gasteiger partial charge in [0.25, 0.3) is 17.5 Å². The summed E-state index contributed by atoms with van der Waals surface area (Å²) in [6, 6.07) is 14.5. The predicted octanol–water partition coefficient (Wildman–Crippen LogP) is 3.99. The lowest BCUT2D eigenvalue weighted by atomic mass is 10.1. The van der Waals surface area contributed by atoms with E-state index in [1.54, 1.807) is 24.3 Å². The lowest BCUT2D eigenvalue weighted by Gasteiger charge is -2.26. The van der Waals surface area contributed by atoms with Crippen LogP contribution in [0.2, 0.25) is 0 Å². The van der Waals surface area contributed by atoms with E-state index in [0.29, 0.717) is 21.8 Å². The Morgan fingerprint density at radius 3 is 2.53 bits per heavy atom. The van der Waals surface area contributed by atoms with E-state index in [1.807, 2.05) is 0 Å². The van der Waals surface area contributed by atoms with Gasteiger partial charge in [-0.1, -0.05) is 24.3 Å². The number of anilines is 1. The number of nitrogens with one attached hydrogen (secondary N) is 1. The van der Waals surface area contributed by atoms with Crippen LogP contribution in [0.3, 0.4) is 0 Å². The number of ether oxygens (including phenoxy) is 2. The number of imide groups is 2. The number of methoxy groups -OCH3 is 1. The molecule has 1 aliphatic rings. The molecule has 1 saturated heterocycles. The molecule has 3 aromatic carbocycles. The molecule has 0 spiro atoms. The maximum absolute atomic E-state index is 13.4. The van der Waals surface area contributed by atoms with E-state index in [9.17, 15) is 28.9 Å². The van der Waals surface area contributed by atoms with Gasteiger partial charge in [0.15, 0.2) is 11.5 Å². The quantitative estimate of drug-likeness (QED) is 0.229. The number of hydrogen-bond acceptors (Lipinski definition) is 7. The number of urea groups is 1. The van der Waals surface area contributed by atoms with Gasteiger partial charge in [0.1, 0.15) is 18.0 Å². The first-order valence-corrected chi connectivity index (χ1v) is 10.5. The van der Waals surface area contributed by atoms with E-state index in [0.717, 1.165) is 6.07 Å². The van der Waals surface area contributed by atoms with Crippen LogP contribution in [-0.4, -0.2) is 29.9 Å². The number of rotatable bonds is 7. The third-order valence-electron chi connectivity index (χ3n) is 5.18. The molecule has 0 atom stereocenters. The van der Waals surface area contributed by atoms with Crippen LogP contribution in [0.25, 0.3) is 6.08 Å². The zero-order valence-electron chi connectivity index (χ0n) is 18.8. The second-order valence-corrected chi connectivity index (χ2v) is 7.56. The number of halogens is 1. The second kappa shape index (κ2) is 10.1. The number of nitro benzene ring substituents is 1. The van der Waals surface area contributed by atoms with Gasteiger partial charge in [0.2, 0.25) is 0 Å². The molecular weight excluding hydrogens is 473 g/mol. The first-order valence-electron chi connectivity index (χ1n) is 10.5. The fraction of sp³-hybridized carbons (Fsp3) is 0.0800. The van der Waals surface area contributed by atoms with Crippen LogP contribution in [-0.2, 0) is 16.2 Å². The van der Waals surface area contributed by atoms with Crippen molar-refractivity contribution in [2.24, 2.45) is 0 Å². The van der Waals surface area contributed by atoms with Crippen molar-refractivity contribution in [2.75, 3.05) is 12.0 Å². The molecule has 0 unspecified atom stereocenters. The smallest absolute Gasteiger partial charge is 0.335 e. The molecule has 1 aliphatic heterocycles. The van der Waals surface area contributed by atoms with Crippen LogP contribution in [0.5, 0.6) is 11.5 Å². The van der Waals surface area contributed by atoms with E-state index in [-0.39, 0.29) is 29.3 Å². The van der Waals surface area contributed by atoms with Crippen molar-refractivity contribution in [3.63, 3.8) is 0 Å². The zero-order valence-corrected chi connectivity index (χ0v) is 18.8. The molecule has 1 fully saturated rings. The summed E-state index contributed by atoms with van der Waals surface area (Å²) in [5.41, 5.74) is 0.241. The van der Waals surface area contributed by atoms with Crippen molar-refractivity contribution in [1.82, 2.24) is 5.32 Å². The average molecular weight is 491 g/mol. The second-order valence-electron chi connectivity index (χ2n) is 7.56. The number of barbiturate groups is 1. The molecule has 36 heavy (non-hydrogen) atoms. The first-order chi connectivity index (χ1) is 17.3. The number of nitrogens with zero attached hydrogens (tertiary/aromatic N) is 2. The fourth-order valence-electron chi connectivity index (χ4n) is 3.49. The maximum atomic E-state index is 13.4. The third-order valence-corrected chi connectivity index (χ3v) is 5.18. The van der Waals surface area contributed by atoms with Gasteiger partial charge >= 0.3 is 6.03 Å². The lowest BCUT2D eigenvalue weighted by molar-refractivity contribution is -0.384. The van der Waals surface area contributed by atoms with Crippen molar-refractivity contribution in [3.05, 3.63) is 99.4 Å². The number of benzene rings is 3. The van der Waals surface area contributed by atoms with Gasteiger partial charge in [-0.05, 0) is 47.5 Å². The third kappa shape index (κ3) is 5.04. The highest BCUT2D eigenvalue weighted by molar-refractivity contribution is 6.39. The van der Waals surface area contributed by atoms with Crippen molar-refractivity contribution in [1.29, 1.82) is 0 Å². The Bertz CT molecular complexity index is 1420. The minimum atomic E-state index is -1.03. The van der Waals surface area contributed by atoms with Crippen molar-refractivity contribution < 1.29 is 33.2 Å². The highest BCUT2D eigenvalue weighted by Gasteiger charge is 2.37. The molecule has 0 aromatic heterocycles. The molecule has 0 aliphatic carbocycles. The lowest BCUT2D eigenvalue weighted by Crippen LogP contribution is -2.54. The fourth-order valence-corrected chi connectivity index (χ4v) is 3.49. The number of carbonyl (C=O) groups excluding carboxylic acids is 3. The van der Waals surface area contributed by atoms with Crippen molar-refractivity contribution in [2.45, 2.75) is 6.61 Å². The zero-order chi connectivity index (χ0) is 25.8. The molecule has 0 bridgehead atoms. The summed E-state index contributed by atoms with van der Waals surface area (Å²) < 4.78 is 24.4. The minimum absolute atomic E-state index is 0.0659. The van der Waals surface area contributed by atoms with Crippen LogP contribution in [0.4, 0.5) is 20.6 Å². The van der Waals surface area contributed by atoms with E-state index in [4.69, 9.17) is 9.47 Å². The van der Waals surface area contributed by atoms with E-state index in [1.165, 1.54) is 49.6 Å². The van der Waals surface area contributed by atoms with Crippen LogP contribution < -0.4 is 19.7 Å². The van der Waals surface area contributed by atoms with Crippen LogP contribution in [0.1, 0.15) is 11.1 Å². The normalized spacial score (nSPS) is 14.6. The molecule has 3 aromatic rings. The number of amides is 4. The molecule has 10 nitrogen and oxygen atoms in total. The van der Waals surface area contributed by atoms with Gasteiger partial charge in [0, 0.05) is 12.1 Å². The summed E-state index contributed by atoms with van der Waals surface area (Å²) in [7, 11) is 1.41. The monoisotopic (exact) mass is 491 g/mol. The molecule has 1 heterocycles. The summed E-state index contributed by atoms with van der Waals surface area (Å²) >= 11 is 0. The standard InChI is InChI=1S/C25H18FN3O7/c1-35-22-12-15(8-9-21(22)36-14-16-4-2-5-17(26)10-16)11-20-23(30)27-25(32)28(24(20)31)18-6-3-7-19(13-18)29(33)34/h2-13H,14H2,1H3,(H,27,30,32). The Hall–Kier alpha value is -5.06. The van der Waals surface area contributed by atoms with Crippen LogP contribution in [0, 0.1) is 15.9 Å². The Morgan fingerprint density at radius 2 is 1.81 bits per heavy atom. The highest BCUT2D eigenvalue weighted by atomic mass is 19.1. The Morgan fingerprint density at radius 1 is 1.03 bits per heavy atom. The summed E-state index contributed by atoms with van der Waals surface area (Å²) in [4.78, 5) is 48.9.